The molecule has 2 unspecified atom stereocenters. The van der Waals surface area contributed by atoms with E-state index >= 15 is 0 Å². The van der Waals surface area contributed by atoms with Gasteiger partial charge in [0.15, 0.2) is 0 Å². The molecule has 0 aromatic carbocycles. The van der Waals surface area contributed by atoms with E-state index in [-0.39, 0.29) is 5.82 Å². The molecule has 0 saturated carbocycles. The van der Waals surface area contributed by atoms with Gasteiger partial charge in [-0.05, 0) is 36.1 Å². The van der Waals surface area contributed by atoms with Gasteiger partial charge < -0.3 is 4.90 Å². The van der Waals surface area contributed by atoms with Crippen LogP contribution in [0.3, 0.4) is 0 Å². The fraction of sp³-hybridized carbons (Fsp3) is 0.412. The number of hydrogen-bond acceptors (Lipinski definition) is 4. The van der Waals surface area contributed by atoms with Crippen LogP contribution in [0.25, 0.3) is 0 Å². The maximum absolute atomic E-state index is 13.0. The zero-order valence-electron chi connectivity index (χ0n) is 12.4. The number of hydrogen-bond donors (Lipinski definition) is 0. The number of fused-ring (bicyclic) bond motifs is 1. The minimum atomic E-state index is -0.273. The van der Waals surface area contributed by atoms with Gasteiger partial charge >= 0.3 is 0 Å². The van der Waals surface area contributed by atoms with E-state index in [2.05, 4.69) is 25.8 Å². The van der Waals surface area contributed by atoms with Gasteiger partial charge in [-0.3, -0.25) is 9.88 Å². The smallest absolute Gasteiger partial charge is 0.141 e. The van der Waals surface area contributed by atoms with Gasteiger partial charge in [0.2, 0.25) is 0 Å². The van der Waals surface area contributed by atoms with Crippen molar-refractivity contribution >= 4 is 5.82 Å². The van der Waals surface area contributed by atoms with Gasteiger partial charge in [-0.25, -0.2) is 9.37 Å². The number of aromatic nitrogens is 2. The monoisotopic (exact) mass is 298 g/mol. The fourth-order valence-corrected chi connectivity index (χ4v) is 3.68. The van der Waals surface area contributed by atoms with E-state index in [0.717, 1.165) is 44.2 Å². The number of likely N-dealkylation sites (tertiary alicyclic amines) is 1. The average molecular weight is 298 g/mol. The molecular weight excluding hydrogens is 279 g/mol. The molecule has 2 fully saturated rings. The van der Waals surface area contributed by atoms with Crippen molar-refractivity contribution in [1.29, 1.82) is 0 Å². The summed E-state index contributed by atoms with van der Waals surface area (Å²) in [6, 6.07) is 9.35. The second-order valence-corrected chi connectivity index (χ2v) is 6.27. The molecule has 2 atom stereocenters. The lowest BCUT2D eigenvalue weighted by Crippen LogP contribution is -2.29. The third kappa shape index (κ3) is 2.68. The fourth-order valence-electron chi connectivity index (χ4n) is 3.68. The van der Waals surface area contributed by atoms with E-state index in [9.17, 15) is 4.39 Å². The first kappa shape index (κ1) is 13.6. The minimum Gasteiger partial charge on any atom is -0.356 e. The highest BCUT2D eigenvalue weighted by Gasteiger charge is 2.40. The van der Waals surface area contributed by atoms with E-state index < -0.39 is 0 Å². The Labute approximate surface area is 129 Å². The van der Waals surface area contributed by atoms with Gasteiger partial charge in [0.1, 0.15) is 11.6 Å². The molecule has 4 heterocycles. The zero-order chi connectivity index (χ0) is 14.9. The molecule has 0 aliphatic carbocycles. The standard InChI is InChI=1S/C17H19FN4/c18-15-4-5-17(20-7-15)22-10-13-8-21(9-14(13)11-22)12-16-3-1-2-6-19-16/h1-7,13-14H,8-12H2. The Bertz CT molecular complexity index is 617. The SMILES string of the molecule is Fc1ccc(N2CC3CN(Cc4ccccn4)CC3C2)nc1. The van der Waals surface area contributed by atoms with Crippen molar-refractivity contribution in [3.05, 3.63) is 54.2 Å². The van der Waals surface area contributed by atoms with Crippen LogP contribution in [-0.4, -0.2) is 41.0 Å². The predicted molar refractivity (Wildman–Crippen MR) is 82.9 cm³/mol. The summed E-state index contributed by atoms with van der Waals surface area (Å²) in [7, 11) is 0. The Morgan fingerprint density at radius 3 is 2.45 bits per heavy atom. The Kier molecular flexibility index (Phi) is 3.50. The maximum Gasteiger partial charge on any atom is 0.141 e. The van der Waals surface area contributed by atoms with Crippen LogP contribution in [0, 0.1) is 17.7 Å². The summed E-state index contributed by atoms with van der Waals surface area (Å²) >= 11 is 0. The highest BCUT2D eigenvalue weighted by atomic mass is 19.1. The van der Waals surface area contributed by atoms with Crippen molar-refractivity contribution < 1.29 is 4.39 Å². The number of nitrogens with zero attached hydrogens (tertiary/aromatic N) is 4. The van der Waals surface area contributed by atoms with Gasteiger partial charge in [0.25, 0.3) is 0 Å². The number of pyridine rings is 2. The molecule has 2 aliphatic heterocycles. The molecule has 2 aliphatic rings. The van der Waals surface area contributed by atoms with Crippen molar-refractivity contribution in [2.45, 2.75) is 6.54 Å². The molecule has 5 heteroatoms. The maximum atomic E-state index is 13.0. The second kappa shape index (κ2) is 5.65. The molecule has 2 saturated heterocycles. The lowest BCUT2D eigenvalue weighted by molar-refractivity contribution is 0.305. The molecule has 2 aromatic rings. The van der Waals surface area contributed by atoms with Crippen LogP contribution in [0.2, 0.25) is 0 Å². The normalized spacial score (nSPS) is 24.7. The molecule has 4 nitrogen and oxygen atoms in total. The van der Waals surface area contributed by atoms with Crippen LogP contribution >= 0.6 is 0 Å². The van der Waals surface area contributed by atoms with Crippen molar-refractivity contribution in [3.8, 4) is 0 Å². The lowest BCUT2D eigenvalue weighted by atomic mass is 10.0. The van der Waals surface area contributed by atoms with E-state index in [1.807, 2.05) is 18.3 Å². The van der Waals surface area contributed by atoms with Crippen LogP contribution in [0.1, 0.15) is 5.69 Å². The summed E-state index contributed by atoms with van der Waals surface area (Å²) < 4.78 is 13.0. The van der Waals surface area contributed by atoms with E-state index in [1.165, 1.54) is 12.3 Å². The molecule has 0 N–H and O–H groups in total. The number of halogens is 1. The predicted octanol–water partition coefficient (Wildman–Crippen LogP) is 2.18. The quantitative estimate of drug-likeness (QED) is 0.869. The molecule has 4 rings (SSSR count). The molecular formula is C17H19FN4. The van der Waals surface area contributed by atoms with Gasteiger partial charge in [0.05, 0.1) is 11.9 Å². The van der Waals surface area contributed by atoms with Crippen LogP contribution in [-0.2, 0) is 6.54 Å². The van der Waals surface area contributed by atoms with Crippen LogP contribution in [0.4, 0.5) is 10.2 Å². The first-order chi connectivity index (χ1) is 10.8. The Morgan fingerprint density at radius 2 is 1.82 bits per heavy atom. The molecule has 0 radical (unpaired) electrons. The van der Waals surface area contributed by atoms with Crippen LogP contribution in [0.5, 0.6) is 0 Å². The zero-order valence-corrected chi connectivity index (χ0v) is 12.4. The third-order valence-corrected chi connectivity index (χ3v) is 4.71. The first-order valence-electron chi connectivity index (χ1n) is 7.77. The summed E-state index contributed by atoms with van der Waals surface area (Å²) in [5, 5.41) is 0. The summed E-state index contributed by atoms with van der Waals surface area (Å²) in [6.45, 7) is 5.19. The lowest BCUT2D eigenvalue weighted by Gasteiger charge is -2.22. The highest BCUT2D eigenvalue weighted by molar-refractivity contribution is 5.40. The number of rotatable bonds is 3. The summed E-state index contributed by atoms with van der Waals surface area (Å²) in [4.78, 5) is 13.4. The van der Waals surface area contributed by atoms with Crippen molar-refractivity contribution in [3.63, 3.8) is 0 Å². The Morgan fingerprint density at radius 1 is 1.00 bits per heavy atom. The topological polar surface area (TPSA) is 32.3 Å². The second-order valence-electron chi connectivity index (χ2n) is 6.27. The van der Waals surface area contributed by atoms with Crippen LogP contribution < -0.4 is 4.90 Å². The van der Waals surface area contributed by atoms with Gasteiger partial charge in [0, 0.05) is 38.9 Å². The van der Waals surface area contributed by atoms with Gasteiger partial charge in [-0.15, -0.1) is 0 Å². The van der Waals surface area contributed by atoms with E-state index in [0.29, 0.717) is 11.8 Å². The third-order valence-electron chi connectivity index (χ3n) is 4.71. The molecule has 0 spiro atoms. The molecule has 2 aromatic heterocycles. The molecule has 22 heavy (non-hydrogen) atoms. The number of anilines is 1. The molecule has 114 valence electrons. The molecule has 0 amide bonds. The van der Waals surface area contributed by atoms with Gasteiger partial charge in [-0.2, -0.15) is 0 Å². The average Bonchev–Trinajstić information content (AvgIpc) is 3.07. The van der Waals surface area contributed by atoms with Crippen molar-refractivity contribution in [1.82, 2.24) is 14.9 Å². The summed E-state index contributed by atoms with van der Waals surface area (Å²) in [5.74, 6) is 1.97. The minimum absolute atomic E-state index is 0.273. The van der Waals surface area contributed by atoms with Gasteiger partial charge in [-0.1, -0.05) is 6.07 Å². The summed E-state index contributed by atoms with van der Waals surface area (Å²) in [5.41, 5.74) is 1.14. The van der Waals surface area contributed by atoms with Crippen LogP contribution in [0.15, 0.2) is 42.7 Å². The van der Waals surface area contributed by atoms with E-state index in [1.54, 1.807) is 6.07 Å². The Hall–Kier alpha value is -2.01. The molecule has 0 bridgehead atoms. The largest absolute Gasteiger partial charge is 0.356 e. The summed E-state index contributed by atoms with van der Waals surface area (Å²) in [6.07, 6.45) is 3.16. The highest BCUT2D eigenvalue weighted by Crippen LogP contribution is 2.33. The van der Waals surface area contributed by atoms with Crippen molar-refractivity contribution in [2.24, 2.45) is 11.8 Å². The Balaban J connectivity index is 1.37. The van der Waals surface area contributed by atoms with E-state index in [4.69, 9.17) is 0 Å². The first-order valence-corrected chi connectivity index (χ1v) is 7.77. The van der Waals surface area contributed by atoms with Crippen molar-refractivity contribution in [2.75, 3.05) is 31.1 Å².